The van der Waals surface area contributed by atoms with Crippen molar-refractivity contribution in [1.82, 2.24) is 9.80 Å². The van der Waals surface area contributed by atoms with Crippen LogP contribution in [0.1, 0.15) is 52.4 Å². The van der Waals surface area contributed by atoms with Crippen molar-refractivity contribution < 1.29 is 33.2 Å². The van der Waals surface area contributed by atoms with Crippen LogP contribution < -0.4 is 28.4 Å². The fourth-order valence-corrected chi connectivity index (χ4v) is 8.47. The van der Waals surface area contributed by atoms with Crippen LogP contribution >= 0.6 is 34.8 Å². The molecule has 0 saturated carbocycles. The van der Waals surface area contributed by atoms with Crippen LogP contribution in [0.4, 0.5) is 0 Å². The first-order valence-corrected chi connectivity index (χ1v) is 17.9. The van der Waals surface area contributed by atoms with Gasteiger partial charge in [0.2, 0.25) is 5.75 Å². The van der Waals surface area contributed by atoms with Crippen molar-refractivity contribution >= 4 is 40.8 Å². The Hall–Kier alpha value is -3.86. The van der Waals surface area contributed by atoms with Crippen LogP contribution in [0.2, 0.25) is 15.1 Å². The summed E-state index contributed by atoms with van der Waals surface area (Å²) in [6.45, 7) is 2.87. The molecule has 9 nitrogen and oxygen atoms in total. The highest BCUT2D eigenvalue weighted by Crippen LogP contribution is 2.56. The van der Waals surface area contributed by atoms with E-state index < -0.39 is 12.0 Å². The molecule has 51 heavy (non-hydrogen) atoms. The second kappa shape index (κ2) is 14.3. The van der Waals surface area contributed by atoms with Gasteiger partial charge in [-0.05, 0) is 91.9 Å². The molecule has 0 fully saturated rings. The van der Waals surface area contributed by atoms with Gasteiger partial charge in [-0.1, -0.05) is 46.9 Å². The van der Waals surface area contributed by atoms with Gasteiger partial charge in [0.05, 0.1) is 31.4 Å². The van der Waals surface area contributed by atoms with Crippen LogP contribution in [0.15, 0.2) is 42.5 Å². The van der Waals surface area contributed by atoms with Gasteiger partial charge < -0.3 is 28.4 Å². The zero-order valence-electron chi connectivity index (χ0n) is 29.3. The molecule has 268 valence electrons. The number of hydrogen-bond donors (Lipinski definition) is 0. The van der Waals surface area contributed by atoms with Crippen LogP contribution in [0.5, 0.6) is 46.0 Å². The van der Waals surface area contributed by atoms with E-state index in [1.807, 2.05) is 31.3 Å². The highest BCUT2D eigenvalue weighted by atomic mass is 35.5. The van der Waals surface area contributed by atoms with E-state index >= 15 is 0 Å². The summed E-state index contributed by atoms with van der Waals surface area (Å²) in [6, 6.07) is 13.5. The minimum atomic E-state index is -0.558. The number of benzene rings is 4. The average Bonchev–Trinajstić information content (AvgIpc) is 3.11. The minimum absolute atomic E-state index is 0.0431. The summed E-state index contributed by atoms with van der Waals surface area (Å²) >= 11 is 21.3. The zero-order chi connectivity index (χ0) is 36.1. The lowest BCUT2D eigenvalue weighted by molar-refractivity contribution is -0.132. The number of hydrogen-bond acceptors (Lipinski definition) is 9. The molecule has 0 amide bonds. The summed E-state index contributed by atoms with van der Waals surface area (Å²) in [4.78, 5) is 17.2. The second-order valence-electron chi connectivity index (χ2n) is 13.1. The lowest BCUT2D eigenvalue weighted by Gasteiger charge is -2.38. The highest BCUT2D eigenvalue weighted by Gasteiger charge is 2.38. The largest absolute Gasteiger partial charge is 0.493 e. The summed E-state index contributed by atoms with van der Waals surface area (Å²) in [7, 11) is 8.81. The Kier molecular flexibility index (Phi) is 9.95. The summed E-state index contributed by atoms with van der Waals surface area (Å²) in [6.07, 6.45) is 2.49. The number of fused-ring (bicyclic) bond motifs is 2. The van der Waals surface area contributed by atoms with Crippen molar-refractivity contribution in [2.24, 2.45) is 0 Å². The van der Waals surface area contributed by atoms with E-state index in [1.54, 1.807) is 20.3 Å². The van der Waals surface area contributed by atoms with Gasteiger partial charge in [-0.2, -0.15) is 0 Å². The molecule has 6 bridgehead atoms. The van der Waals surface area contributed by atoms with E-state index in [-0.39, 0.29) is 17.5 Å². The molecule has 4 aliphatic rings. The number of ether oxygens (including phenoxy) is 6. The topological polar surface area (TPSA) is 78.9 Å². The van der Waals surface area contributed by atoms with Crippen LogP contribution in [0.3, 0.4) is 0 Å². The lowest BCUT2D eigenvalue weighted by atomic mass is 9.87. The Labute approximate surface area is 312 Å². The predicted molar refractivity (Wildman–Crippen MR) is 197 cm³/mol. The average molecular weight is 754 g/mol. The molecule has 2 atom stereocenters. The molecule has 0 N–H and O–H groups in total. The van der Waals surface area contributed by atoms with Crippen LogP contribution in [-0.2, 0) is 30.5 Å². The molecular formula is C39H39Cl3N2O7. The maximum absolute atomic E-state index is 12.7. The third-order valence-corrected chi connectivity index (χ3v) is 11.3. The SMILES string of the molecule is COc1cc2c3cc1Oc1c(OC(C)=O)c(OC)c(Cl)c4c1[C@H](Cc1c(Cl)cc(OC)c(c1Cl)Oc1ccc(cc1)C[C@@H]3N(C)CC2)N(C)CC4. The number of carbonyl (C=O) groups excluding carboxylic acids is 1. The molecule has 4 aliphatic heterocycles. The highest BCUT2D eigenvalue weighted by molar-refractivity contribution is 6.37. The van der Waals surface area contributed by atoms with Crippen molar-refractivity contribution in [3.05, 3.63) is 90.9 Å². The van der Waals surface area contributed by atoms with Gasteiger partial charge in [0.15, 0.2) is 34.5 Å². The fourth-order valence-electron chi connectivity index (χ4n) is 7.49. The van der Waals surface area contributed by atoms with Crippen LogP contribution in [-0.4, -0.2) is 64.3 Å². The quantitative estimate of drug-likeness (QED) is 0.150. The smallest absolute Gasteiger partial charge is 0.308 e. The number of carbonyl (C=O) groups is 1. The Bertz CT molecular complexity index is 2020. The minimum Gasteiger partial charge on any atom is -0.493 e. The van der Waals surface area contributed by atoms with Crippen LogP contribution in [0, 0.1) is 0 Å². The molecule has 0 radical (unpaired) electrons. The predicted octanol–water partition coefficient (Wildman–Crippen LogP) is 9.04. The first-order chi connectivity index (χ1) is 24.5. The van der Waals surface area contributed by atoms with Gasteiger partial charge in [0.1, 0.15) is 5.75 Å². The van der Waals surface area contributed by atoms with Gasteiger partial charge in [0, 0.05) is 48.7 Å². The van der Waals surface area contributed by atoms with Crippen molar-refractivity contribution in [3.8, 4) is 46.0 Å². The molecule has 4 aromatic carbocycles. The first-order valence-electron chi connectivity index (χ1n) is 16.7. The zero-order valence-corrected chi connectivity index (χ0v) is 31.6. The Morgan fingerprint density at radius 1 is 0.765 bits per heavy atom. The molecule has 4 heterocycles. The number of esters is 1. The van der Waals surface area contributed by atoms with E-state index in [9.17, 15) is 4.79 Å². The molecule has 0 aromatic heterocycles. The summed E-state index contributed by atoms with van der Waals surface area (Å²) in [5.41, 5.74) is 5.60. The molecule has 12 heteroatoms. The lowest BCUT2D eigenvalue weighted by Crippen LogP contribution is -2.34. The summed E-state index contributed by atoms with van der Waals surface area (Å²) in [5.74, 6) is 2.41. The molecule has 0 aliphatic carbocycles. The normalized spacial score (nSPS) is 18.5. The maximum atomic E-state index is 12.7. The number of likely N-dealkylation sites (N-methyl/N-ethyl adjacent to an activating group) is 2. The Balaban J connectivity index is 1.54. The van der Waals surface area contributed by atoms with E-state index in [1.165, 1.54) is 19.6 Å². The first kappa shape index (κ1) is 35.5. The van der Waals surface area contributed by atoms with Crippen molar-refractivity contribution in [3.63, 3.8) is 0 Å². The van der Waals surface area contributed by atoms with Crippen molar-refractivity contribution in [2.75, 3.05) is 48.5 Å². The van der Waals surface area contributed by atoms with Gasteiger partial charge in [0.25, 0.3) is 0 Å². The van der Waals surface area contributed by atoms with E-state index in [0.717, 1.165) is 41.6 Å². The van der Waals surface area contributed by atoms with Crippen LogP contribution in [0.25, 0.3) is 0 Å². The number of nitrogens with zero attached hydrogens (tertiary/aromatic N) is 2. The van der Waals surface area contributed by atoms with E-state index in [2.05, 4.69) is 29.0 Å². The number of halogens is 3. The third kappa shape index (κ3) is 6.44. The number of rotatable bonds is 4. The molecule has 0 unspecified atom stereocenters. The Morgan fingerprint density at radius 2 is 1.47 bits per heavy atom. The monoisotopic (exact) mass is 752 g/mol. The summed E-state index contributed by atoms with van der Waals surface area (Å²) in [5, 5.41) is 1.07. The maximum Gasteiger partial charge on any atom is 0.308 e. The number of methoxy groups -OCH3 is 3. The Morgan fingerprint density at radius 3 is 2.16 bits per heavy atom. The van der Waals surface area contributed by atoms with Crippen molar-refractivity contribution in [1.29, 1.82) is 0 Å². The molecule has 0 saturated heterocycles. The fraction of sp³-hybridized carbons (Fsp3) is 0.359. The van der Waals surface area contributed by atoms with Crippen molar-refractivity contribution in [2.45, 2.75) is 44.7 Å². The van der Waals surface area contributed by atoms with Gasteiger partial charge in [-0.15, -0.1) is 0 Å². The van der Waals surface area contributed by atoms with Gasteiger partial charge in [-0.25, -0.2) is 0 Å². The van der Waals surface area contributed by atoms with Gasteiger partial charge >= 0.3 is 5.97 Å². The standard InChI is InChI=1S/C39H39Cl3N2O7/c1-20(45)49-39-37-33-24(34(41)38(39)48-6)12-14-44(3)29(33)17-26-27(40)19-32(47-5)36(35(26)42)50-23-9-7-21(8-10-23)15-28-25-18-31(51-37)30(46-4)16-22(25)11-13-43(28)2/h7-10,16,18-19,28-29H,11-15,17H2,1-6H3/t28-,29-/m0/s1. The second-order valence-corrected chi connectivity index (χ2v) is 14.3. The molecular weight excluding hydrogens is 715 g/mol. The molecule has 4 aromatic rings. The van der Waals surface area contributed by atoms with E-state index in [4.69, 9.17) is 63.2 Å². The molecule has 8 rings (SSSR count). The van der Waals surface area contributed by atoms with E-state index in [0.29, 0.717) is 74.5 Å². The van der Waals surface area contributed by atoms with Gasteiger partial charge in [-0.3, -0.25) is 14.6 Å². The molecule has 0 spiro atoms. The summed E-state index contributed by atoms with van der Waals surface area (Å²) < 4.78 is 36.8. The third-order valence-electron chi connectivity index (χ3n) is 10.2.